The van der Waals surface area contributed by atoms with Gasteiger partial charge in [-0.25, -0.2) is 0 Å². The number of nitriles is 2. The third kappa shape index (κ3) is 3.74. The molecule has 1 aromatic heterocycles. The van der Waals surface area contributed by atoms with E-state index >= 15 is 0 Å². The maximum atomic E-state index is 9.15. The minimum atomic E-state index is 0.199. The molecule has 25 heavy (non-hydrogen) atoms. The predicted molar refractivity (Wildman–Crippen MR) is 92.4 cm³/mol. The van der Waals surface area contributed by atoms with Gasteiger partial charge in [-0.05, 0) is 30.3 Å². The van der Waals surface area contributed by atoms with Crippen LogP contribution in [0, 0.1) is 22.7 Å². The standard InChI is InChI=1S/C20H13N3O2/c21-11-15-5-1-2-7-17(15)14-24-23-13-18-9-10-20(25-18)19-8-4-3-6-16(19)12-22/h1-10,13H,14H2/b23-13-. The predicted octanol–water partition coefficient (Wildman–Crippen LogP) is 4.24. The fourth-order valence-corrected chi connectivity index (χ4v) is 2.31. The zero-order chi connectivity index (χ0) is 17.5. The molecule has 3 aromatic rings. The van der Waals surface area contributed by atoms with Gasteiger partial charge in [0, 0.05) is 11.1 Å². The minimum absolute atomic E-state index is 0.199. The van der Waals surface area contributed by atoms with Gasteiger partial charge in [0.05, 0.1) is 23.3 Å². The van der Waals surface area contributed by atoms with E-state index in [1.54, 1.807) is 36.4 Å². The number of nitrogens with zero attached hydrogens (tertiary/aromatic N) is 3. The van der Waals surface area contributed by atoms with Gasteiger partial charge in [-0.15, -0.1) is 0 Å². The molecule has 5 nitrogen and oxygen atoms in total. The molecule has 0 fully saturated rings. The lowest BCUT2D eigenvalue weighted by atomic mass is 10.1. The fraction of sp³-hybridized carbons (Fsp3) is 0.0500. The molecule has 5 heteroatoms. The molecule has 0 aliphatic rings. The van der Waals surface area contributed by atoms with Crippen LogP contribution in [-0.2, 0) is 11.4 Å². The Morgan fingerprint density at radius 3 is 2.44 bits per heavy atom. The van der Waals surface area contributed by atoms with Crippen molar-refractivity contribution in [1.82, 2.24) is 0 Å². The summed E-state index contributed by atoms with van der Waals surface area (Å²) in [6.07, 6.45) is 1.45. The smallest absolute Gasteiger partial charge is 0.149 e. The molecule has 120 valence electrons. The number of oxime groups is 1. The highest BCUT2D eigenvalue weighted by Crippen LogP contribution is 2.24. The number of benzene rings is 2. The van der Waals surface area contributed by atoms with Crippen LogP contribution in [0.1, 0.15) is 22.5 Å². The Labute approximate surface area is 145 Å². The minimum Gasteiger partial charge on any atom is -0.455 e. The quantitative estimate of drug-likeness (QED) is 0.518. The zero-order valence-electron chi connectivity index (χ0n) is 13.2. The van der Waals surface area contributed by atoms with Gasteiger partial charge in [0.1, 0.15) is 24.3 Å². The lowest BCUT2D eigenvalue weighted by Crippen LogP contribution is -1.91. The maximum Gasteiger partial charge on any atom is 0.149 e. The molecule has 0 atom stereocenters. The monoisotopic (exact) mass is 327 g/mol. The largest absolute Gasteiger partial charge is 0.455 e. The van der Waals surface area contributed by atoms with Crippen molar-refractivity contribution in [2.24, 2.45) is 5.16 Å². The lowest BCUT2D eigenvalue weighted by Gasteiger charge is -2.01. The van der Waals surface area contributed by atoms with E-state index in [4.69, 9.17) is 19.8 Å². The van der Waals surface area contributed by atoms with E-state index in [9.17, 15) is 0 Å². The van der Waals surface area contributed by atoms with E-state index < -0.39 is 0 Å². The fourth-order valence-electron chi connectivity index (χ4n) is 2.31. The summed E-state index contributed by atoms with van der Waals surface area (Å²) in [5, 5.41) is 22.0. The van der Waals surface area contributed by atoms with Gasteiger partial charge < -0.3 is 9.25 Å². The van der Waals surface area contributed by atoms with E-state index in [0.717, 1.165) is 11.1 Å². The zero-order valence-corrected chi connectivity index (χ0v) is 13.2. The first-order valence-corrected chi connectivity index (χ1v) is 7.54. The summed E-state index contributed by atoms with van der Waals surface area (Å²) in [6.45, 7) is 0.199. The molecule has 0 radical (unpaired) electrons. The Kier molecular flexibility index (Phi) is 4.90. The van der Waals surface area contributed by atoms with Gasteiger partial charge in [-0.1, -0.05) is 35.5 Å². The van der Waals surface area contributed by atoms with Gasteiger partial charge in [0.15, 0.2) is 0 Å². The Morgan fingerprint density at radius 1 is 0.920 bits per heavy atom. The van der Waals surface area contributed by atoms with Crippen molar-refractivity contribution in [3.63, 3.8) is 0 Å². The molecule has 0 aliphatic heterocycles. The molecular weight excluding hydrogens is 314 g/mol. The molecular formula is C20H13N3O2. The Bertz CT molecular complexity index is 990. The van der Waals surface area contributed by atoms with Crippen LogP contribution in [0.5, 0.6) is 0 Å². The summed E-state index contributed by atoms with van der Waals surface area (Å²) < 4.78 is 5.68. The van der Waals surface area contributed by atoms with Gasteiger partial charge in [0.25, 0.3) is 0 Å². The second-order valence-corrected chi connectivity index (χ2v) is 5.14. The molecule has 0 aliphatic carbocycles. The molecule has 0 saturated carbocycles. The Hall–Kier alpha value is -3.83. The van der Waals surface area contributed by atoms with Crippen molar-refractivity contribution in [1.29, 1.82) is 10.5 Å². The average Bonchev–Trinajstić information content (AvgIpc) is 3.14. The second-order valence-electron chi connectivity index (χ2n) is 5.14. The van der Waals surface area contributed by atoms with E-state index in [2.05, 4.69) is 17.3 Å². The van der Waals surface area contributed by atoms with Crippen molar-refractivity contribution >= 4 is 6.21 Å². The van der Waals surface area contributed by atoms with Crippen LogP contribution in [0.2, 0.25) is 0 Å². The molecule has 0 N–H and O–H groups in total. The first kappa shape index (κ1) is 16.0. The summed E-state index contributed by atoms with van der Waals surface area (Å²) in [5.41, 5.74) is 2.61. The van der Waals surface area contributed by atoms with E-state index in [0.29, 0.717) is 22.6 Å². The van der Waals surface area contributed by atoms with Crippen LogP contribution in [0.4, 0.5) is 0 Å². The third-order valence-electron chi connectivity index (χ3n) is 3.55. The van der Waals surface area contributed by atoms with Crippen LogP contribution in [-0.4, -0.2) is 6.21 Å². The topological polar surface area (TPSA) is 82.3 Å². The van der Waals surface area contributed by atoms with E-state index in [1.807, 2.05) is 24.3 Å². The van der Waals surface area contributed by atoms with Crippen LogP contribution in [0.15, 0.2) is 70.2 Å². The number of furan rings is 1. The highest BCUT2D eigenvalue weighted by Gasteiger charge is 2.08. The summed E-state index contributed by atoms with van der Waals surface area (Å²) in [7, 11) is 0. The number of rotatable bonds is 5. The molecule has 0 unspecified atom stereocenters. The summed E-state index contributed by atoms with van der Waals surface area (Å²) >= 11 is 0. The maximum absolute atomic E-state index is 9.15. The lowest BCUT2D eigenvalue weighted by molar-refractivity contribution is 0.131. The first-order valence-electron chi connectivity index (χ1n) is 7.54. The van der Waals surface area contributed by atoms with Gasteiger partial charge >= 0.3 is 0 Å². The van der Waals surface area contributed by atoms with Crippen molar-refractivity contribution in [2.75, 3.05) is 0 Å². The van der Waals surface area contributed by atoms with Gasteiger partial charge in [-0.2, -0.15) is 10.5 Å². The van der Waals surface area contributed by atoms with E-state index in [1.165, 1.54) is 6.21 Å². The molecule has 3 rings (SSSR count). The first-order chi connectivity index (χ1) is 12.3. The number of hydrogen-bond donors (Lipinski definition) is 0. The SMILES string of the molecule is N#Cc1ccccc1CO/N=C\c1ccc(-c2ccccc2C#N)o1. The van der Waals surface area contributed by atoms with Gasteiger partial charge in [0.2, 0.25) is 0 Å². The van der Waals surface area contributed by atoms with Gasteiger partial charge in [-0.3, -0.25) is 0 Å². The molecule has 0 amide bonds. The normalized spacial score (nSPS) is 10.3. The summed E-state index contributed by atoms with van der Waals surface area (Å²) in [5.74, 6) is 1.10. The molecule has 0 spiro atoms. The molecule has 0 bridgehead atoms. The third-order valence-corrected chi connectivity index (χ3v) is 3.55. The van der Waals surface area contributed by atoms with Crippen LogP contribution in [0.3, 0.4) is 0 Å². The number of hydrogen-bond acceptors (Lipinski definition) is 5. The van der Waals surface area contributed by atoms with Crippen molar-refractivity contribution < 1.29 is 9.25 Å². The molecule has 2 aromatic carbocycles. The molecule has 0 saturated heterocycles. The summed E-state index contributed by atoms with van der Waals surface area (Å²) in [4.78, 5) is 5.23. The second kappa shape index (κ2) is 7.63. The van der Waals surface area contributed by atoms with Crippen LogP contribution in [0.25, 0.3) is 11.3 Å². The van der Waals surface area contributed by atoms with Crippen molar-refractivity contribution in [2.45, 2.75) is 6.61 Å². The van der Waals surface area contributed by atoms with Crippen LogP contribution >= 0.6 is 0 Å². The highest BCUT2D eigenvalue weighted by molar-refractivity contribution is 5.77. The van der Waals surface area contributed by atoms with Crippen molar-refractivity contribution in [3.8, 4) is 23.5 Å². The van der Waals surface area contributed by atoms with Crippen molar-refractivity contribution in [3.05, 3.63) is 83.1 Å². The highest BCUT2D eigenvalue weighted by atomic mass is 16.6. The average molecular weight is 327 g/mol. The Balaban J connectivity index is 1.67. The molecule has 1 heterocycles. The summed E-state index contributed by atoms with van der Waals surface area (Å²) in [6, 6.07) is 22.2. The van der Waals surface area contributed by atoms with Crippen LogP contribution < -0.4 is 0 Å². The van der Waals surface area contributed by atoms with E-state index in [-0.39, 0.29) is 6.61 Å². The Morgan fingerprint density at radius 2 is 1.64 bits per heavy atom.